The van der Waals surface area contributed by atoms with E-state index >= 15 is 0 Å². The molecule has 2 aliphatic rings. The van der Waals surface area contributed by atoms with Crippen LogP contribution in [0, 0.1) is 5.92 Å². The summed E-state index contributed by atoms with van der Waals surface area (Å²) in [5.41, 5.74) is 23.5. The van der Waals surface area contributed by atoms with Gasteiger partial charge in [0.1, 0.15) is 24.2 Å². The number of hydrogen-bond donors (Lipinski definition) is 11. The van der Waals surface area contributed by atoms with Crippen molar-refractivity contribution in [1.82, 2.24) is 52.0 Å². The predicted molar refractivity (Wildman–Crippen MR) is 235 cm³/mol. The summed E-state index contributed by atoms with van der Waals surface area (Å²) in [5, 5.41) is 15.9. The van der Waals surface area contributed by atoms with E-state index in [2.05, 4.69) is 47.0 Å². The highest BCUT2D eigenvalue weighted by molar-refractivity contribution is 5.96. The van der Waals surface area contributed by atoms with E-state index in [0.717, 1.165) is 21.5 Å². The monoisotopic (exact) mass is 861 g/mol. The average molecular weight is 862 g/mol. The van der Waals surface area contributed by atoms with Gasteiger partial charge in [0.15, 0.2) is 0 Å². The summed E-state index contributed by atoms with van der Waals surface area (Å²) in [5.74, 6) is -3.75. The summed E-state index contributed by atoms with van der Waals surface area (Å²) < 4.78 is 0. The van der Waals surface area contributed by atoms with E-state index in [1.807, 2.05) is 54.6 Å². The number of hydrazine groups is 1. The lowest BCUT2D eigenvalue weighted by Crippen LogP contribution is -2.61. The molecule has 14 N–H and O–H groups in total. The molecule has 0 spiro atoms. The van der Waals surface area contributed by atoms with Gasteiger partial charge in [-0.3, -0.25) is 29.4 Å². The molecule has 2 aromatic carbocycles. The van der Waals surface area contributed by atoms with Crippen molar-refractivity contribution in [2.75, 3.05) is 13.6 Å². The third kappa shape index (κ3) is 12.0. The number of aromatic nitrogens is 3. The number of nitrogens with one attached hydrogen (secondary N) is 8. The summed E-state index contributed by atoms with van der Waals surface area (Å²) in [6.45, 7) is 0.402. The minimum absolute atomic E-state index is 0.0274. The Morgan fingerprint density at radius 2 is 1.51 bits per heavy atom. The lowest BCUT2D eigenvalue weighted by molar-refractivity contribution is -0.132. The number of fused-ring (bicyclic) bond motifs is 2. The summed E-state index contributed by atoms with van der Waals surface area (Å²) >= 11 is 0. The molecule has 19 nitrogen and oxygen atoms in total. The number of nitrogens with two attached hydrogens (primary N) is 3. The van der Waals surface area contributed by atoms with Crippen molar-refractivity contribution in [2.45, 2.75) is 74.8 Å². The Bertz CT molecular complexity index is 2330. The molecule has 2 aromatic heterocycles. The van der Waals surface area contributed by atoms with Crippen LogP contribution in [-0.4, -0.2) is 105 Å². The first-order valence-corrected chi connectivity index (χ1v) is 20.8. The molecule has 7 amide bonds. The SMILES string of the molecule is CN(NC(=O)[C@H](NC(=O)[C@@H](N)Cc1cnc[nH]1)C1=CNC2C=CC=CC12)C(=O)N[C@@H](Cc1c[nH]c2ccccc12)C(=O)N[C@H](Cc1ccccc1)C(=O)N[C@@H](CCCCN)C(N)=O. The molecule has 0 radical (unpaired) electrons. The predicted octanol–water partition coefficient (Wildman–Crippen LogP) is -0.0460. The number of urea groups is 1. The number of aromatic amines is 2. The molecular formula is C44H55N13O6. The largest absolute Gasteiger partial charge is 0.384 e. The van der Waals surface area contributed by atoms with Gasteiger partial charge in [-0.15, -0.1) is 0 Å². The molecule has 1 aliphatic heterocycles. The molecule has 0 bridgehead atoms. The Hall–Kier alpha value is -7.25. The van der Waals surface area contributed by atoms with Gasteiger partial charge in [0.2, 0.25) is 23.6 Å². The van der Waals surface area contributed by atoms with Crippen LogP contribution in [0.15, 0.2) is 109 Å². The maximum absolute atomic E-state index is 14.4. The van der Waals surface area contributed by atoms with Crippen LogP contribution in [0.2, 0.25) is 0 Å². The van der Waals surface area contributed by atoms with Crippen molar-refractivity contribution in [1.29, 1.82) is 0 Å². The maximum Gasteiger partial charge on any atom is 0.336 e. The van der Waals surface area contributed by atoms with E-state index in [4.69, 9.17) is 17.2 Å². The fourth-order valence-electron chi connectivity index (χ4n) is 7.56. The molecule has 0 fully saturated rings. The summed E-state index contributed by atoms with van der Waals surface area (Å²) in [6, 6.07) is 9.60. The number of carbonyl (C=O) groups is 6. The zero-order valence-corrected chi connectivity index (χ0v) is 34.9. The molecule has 63 heavy (non-hydrogen) atoms. The number of imidazole rings is 1. The zero-order chi connectivity index (χ0) is 44.9. The minimum Gasteiger partial charge on any atom is -0.384 e. The Kier molecular flexibility index (Phi) is 15.5. The zero-order valence-electron chi connectivity index (χ0n) is 34.9. The summed E-state index contributed by atoms with van der Waals surface area (Å²) in [4.78, 5) is 92.4. The van der Waals surface area contributed by atoms with Gasteiger partial charge in [0.25, 0.3) is 5.91 Å². The fourth-order valence-corrected chi connectivity index (χ4v) is 7.56. The van der Waals surface area contributed by atoms with Crippen molar-refractivity contribution in [2.24, 2.45) is 23.1 Å². The van der Waals surface area contributed by atoms with Gasteiger partial charge in [-0.05, 0) is 54.8 Å². The lowest BCUT2D eigenvalue weighted by Gasteiger charge is -2.29. The van der Waals surface area contributed by atoms with Crippen molar-refractivity contribution < 1.29 is 28.8 Å². The van der Waals surface area contributed by atoms with Crippen molar-refractivity contribution >= 4 is 46.5 Å². The Labute approximate surface area is 364 Å². The van der Waals surface area contributed by atoms with E-state index < -0.39 is 65.8 Å². The second-order valence-electron chi connectivity index (χ2n) is 15.6. The molecule has 4 aromatic rings. The van der Waals surface area contributed by atoms with Gasteiger partial charge in [-0.2, -0.15) is 0 Å². The smallest absolute Gasteiger partial charge is 0.336 e. The highest BCUT2D eigenvalue weighted by Crippen LogP contribution is 2.29. The summed E-state index contributed by atoms with van der Waals surface area (Å²) in [7, 11) is 1.30. The van der Waals surface area contributed by atoms with Crippen LogP contribution >= 0.6 is 0 Å². The maximum atomic E-state index is 14.4. The first kappa shape index (κ1) is 45.3. The molecule has 3 heterocycles. The minimum atomic E-state index is -1.30. The lowest BCUT2D eigenvalue weighted by atomic mass is 9.87. The number of unbranched alkanes of at least 4 members (excludes halogenated alkanes) is 1. The van der Waals surface area contributed by atoms with Gasteiger partial charge >= 0.3 is 6.03 Å². The second kappa shape index (κ2) is 21.5. The van der Waals surface area contributed by atoms with Gasteiger partial charge in [0, 0.05) is 61.2 Å². The number of para-hydroxylation sites is 1. The molecule has 0 saturated carbocycles. The van der Waals surface area contributed by atoms with E-state index in [-0.39, 0.29) is 37.6 Å². The number of allylic oxidation sites excluding steroid dienone is 2. The average Bonchev–Trinajstić information content (AvgIpc) is 4.06. The van der Waals surface area contributed by atoms with Gasteiger partial charge in [-0.1, -0.05) is 72.8 Å². The molecule has 6 rings (SSSR count). The van der Waals surface area contributed by atoms with Crippen molar-refractivity contribution in [3.63, 3.8) is 0 Å². The number of carbonyl (C=O) groups excluding carboxylic acids is 6. The Balaban J connectivity index is 1.22. The molecule has 332 valence electrons. The fraction of sp³-hybridized carbons (Fsp3) is 0.341. The molecule has 0 saturated heterocycles. The van der Waals surface area contributed by atoms with E-state index in [9.17, 15) is 28.8 Å². The number of amides is 7. The van der Waals surface area contributed by atoms with Crippen LogP contribution in [0.5, 0.6) is 0 Å². The van der Waals surface area contributed by atoms with Gasteiger partial charge in [0.05, 0.1) is 18.4 Å². The standard InChI is InChI=1S/C44H55N13O6/c1-57(56-43(62)38(31-24-50-34-16-8-6-14-30(31)34)55-40(59)32(46)21-28-23-48-25-51-28)44(63)54-37(20-27-22-49-33-15-7-5-13-29(27)33)42(61)53-36(19-26-11-3-2-4-12-26)41(60)52-35(39(47)58)17-9-10-18-45/h2-8,11-16,22-25,30,32,34-38,49-50H,9-10,17-21,45-46H2,1H3,(H2,47,58)(H,48,51)(H,52,60)(H,53,61)(H,54,63)(H,55,59)(H,56,62)/t30?,32-,34?,35-,36+,37-,38+/m0/s1. The number of rotatable bonds is 20. The number of benzene rings is 2. The van der Waals surface area contributed by atoms with E-state index in [1.54, 1.807) is 42.9 Å². The van der Waals surface area contributed by atoms with Crippen molar-refractivity contribution in [3.8, 4) is 0 Å². The molecule has 2 unspecified atom stereocenters. The molecule has 7 atom stereocenters. The van der Waals surface area contributed by atoms with Crippen LogP contribution < -0.4 is 49.2 Å². The third-order valence-electron chi connectivity index (χ3n) is 11.0. The van der Waals surface area contributed by atoms with E-state index in [0.29, 0.717) is 36.2 Å². The number of nitrogens with zero attached hydrogens (tertiary/aromatic N) is 2. The molecule has 1 aliphatic carbocycles. The summed E-state index contributed by atoms with van der Waals surface area (Å²) in [6.07, 6.45) is 15.5. The molecular weight excluding hydrogens is 807 g/mol. The number of primary amides is 1. The van der Waals surface area contributed by atoms with Crippen LogP contribution in [0.1, 0.15) is 36.1 Å². The second-order valence-corrected chi connectivity index (χ2v) is 15.6. The van der Waals surface area contributed by atoms with Gasteiger partial charge < -0.3 is 53.8 Å². The first-order chi connectivity index (χ1) is 30.4. The number of H-pyrrole nitrogens is 2. The van der Waals surface area contributed by atoms with Crippen molar-refractivity contribution in [3.05, 3.63) is 126 Å². The highest BCUT2D eigenvalue weighted by Gasteiger charge is 2.38. The quantitative estimate of drug-likeness (QED) is 0.0416. The van der Waals surface area contributed by atoms with Gasteiger partial charge in [-0.25, -0.2) is 14.8 Å². The van der Waals surface area contributed by atoms with E-state index in [1.165, 1.54) is 13.4 Å². The Morgan fingerprint density at radius 1 is 0.794 bits per heavy atom. The van der Waals surface area contributed by atoms with Crippen LogP contribution in [0.4, 0.5) is 4.79 Å². The Morgan fingerprint density at radius 3 is 2.24 bits per heavy atom. The number of hydrogen-bond acceptors (Lipinski definition) is 10. The topological polar surface area (TPSA) is 300 Å². The van der Waals surface area contributed by atoms with Crippen LogP contribution in [0.3, 0.4) is 0 Å². The first-order valence-electron chi connectivity index (χ1n) is 20.8. The van der Waals surface area contributed by atoms with Crippen LogP contribution in [-0.2, 0) is 43.2 Å². The van der Waals surface area contributed by atoms with Crippen LogP contribution in [0.25, 0.3) is 10.9 Å². The molecule has 19 heteroatoms. The highest BCUT2D eigenvalue weighted by atomic mass is 16.2. The third-order valence-corrected chi connectivity index (χ3v) is 11.0. The normalized spacial score (nSPS) is 17.5.